The predicted octanol–water partition coefficient (Wildman–Crippen LogP) is 4.46. The molecule has 10 nitrogen and oxygen atoms in total. The van der Waals surface area contributed by atoms with E-state index < -0.39 is 50.4 Å². The number of aliphatic hydroxyl groups excluding tert-OH is 1. The van der Waals surface area contributed by atoms with Crippen molar-refractivity contribution in [2.45, 2.75) is 63.3 Å². The summed E-state index contributed by atoms with van der Waals surface area (Å²) >= 11 is 0. The third-order valence-electron chi connectivity index (χ3n) is 8.62. The minimum Gasteiger partial charge on any atom is -0.405 e. The number of allylic oxidation sites excluding steroid dienone is 1. The van der Waals surface area contributed by atoms with Gasteiger partial charge in [0.2, 0.25) is 0 Å². The molecule has 0 bridgehead atoms. The van der Waals surface area contributed by atoms with Gasteiger partial charge in [0.25, 0.3) is 14.2 Å². The number of ether oxygens (including phenoxy) is 1. The molecule has 1 aromatic heterocycles. The van der Waals surface area contributed by atoms with E-state index in [9.17, 15) is 32.7 Å². The van der Waals surface area contributed by atoms with Crippen molar-refractivity contribution in [1.29, 1.82) is 0 Å². The fourth-order valence-corrected chi connectivity index (χ4v) is 10.7. The van der Waals surface area contributed by atoms with Crippen LogP contribution < -0.4 is 26.7 Å². The number of hydrogen-bond donors (Lipinski definition) is 3. The Balaban J connectivity index is 1.41. The van der Waals surface area contributed by atoms with Crippen molar-refractivity contribution in [1.82, 2.24) is 14.9 Å². The number of rotatable bonds is 11. The van der Waals surface area contributed by atoms with E-state index in [0.717, 1.165) is 16.6 Å². The van der Waals surface area contributed by atoms with Crippen LogP contribution in [0.15, 0.2) is 114 Å². The van der Waals surface area contributed by atoms with Crippen LogP contribution in [0.25, 0.3) is 0 Å². The average Bonchev–Trinajstić information content (AvgIpc) is 3.47. The van der Waals surface area contributed by atoms with Gasteiger partial charge in [0.05, 0.1) is 12.7 Å². The van der Waals surface area contributed by atoms with Crippen LogP contribution >= 0.6 is 0 Å². The molecule has 1 aliphatic rings. The molecule has 2 heterocycles. The molecule has 0 radical (unpaired) electrons. The minimum absolute atomic E-state index is 0.0169. The quantitative estimate of drug-likeness (QED) is 0.195. The molecule has 51 heavy (non-hydrogen) atoms. The second-order valence-corrected chi connectivity index (χ2v) is 17.4. The number of halogens is 3. The maximum Gasteiger partial charge on any atom is 0.471 e. The van der Waals surface area contributed by atoms with E-state index in [-0.39, 0.29) is 41.4 Å². The second-order valence-electron chi connectivity index (χ2n) is 13.1. The first-order chi connectivity index (χ1) is 24.2. The first kappa shape index (κ1) is 37.4. The van der Waals surface area contributed by atoms with Gasteiger partial charge in [0, 0.05) is 29.9 Å². The number of nitrogens with one attached hydrogen (secondary N) is 2. The lowest BCUT2D eigenvalue weighted by atomic mass is 10.1. The van der Waals surface area contributed by atoms with E-state index in [1.807, 2.05) is 60.7 Å². The fourth-order valence-electron chi connectivity index (χ4n) is 6.15. The van der Waals surface area contributed by atoms with Gasteiger partial charge in [-0.25, -0.2) is 4.79 Å². The highest BCUT2D eigenvalue weighted by Gasteiger charge is 2.51. The molecule has 3 aromatic carbocycles. The molecular weight excluding hydrogens is 682 g/mol. The fraction of sp³-hybridized carbons (Fsp3) is 0.297. The Labute approximate surface area is 294 Å². The zero-order valence-electron chi connectivity index (χ0n) is 28.3. The largest absolute Gasteiger partial charge is 0.471 e. The van der Waals surface area contributed by atoms with E-state index in [4.69, 9.17) is 9.16 Å². The van der Waals surface area contributed by atoms with E-state index >= 15 is 0 Å². The highest BCUT2D eigenvalue weighted by Crippen LogP contribution is 2.38. The molecule has 268 valence electrons. The van der Waals surface area contributed by atoms with Gasteiger partial charge in [-0.15, -0.1) is 0 Å². The normalized spacial score (nSPS) is 18.1. The van der Waals surface area contributed by atoms with Crippen LogP contribution in [0.5, 0.6) is 0 Å². The summed E-state index contributed by atoms with van der Waals surface area (Å²) in [5, 5.41) is 17.2. The zero-order valence-corrected chi connectivity index (χ0v) is 29.3. The van der Waals surface area contributed by atoms with Crippen LogP contribution in [0.1, 0.15) is 49.3 Å². The molecule has 3 N–H and O–H groups in total. The van der Waals surface area contributed by atoms with Crippen LogP contribution in [-0.4, -0.2) is 59.8 Å². The third-order valence-corrected chi connectivity index (χ3v) is 13.6. The Morgan fingerprint density at radius 3 is 2.10 bits per heavy atom. The number of nitrogens with zero attached hydrogens (tertiary/aromatic N) is 2. The molecule has 5 rings (SSSR count). The molecule has 0 unspecified atom stereocenters. The molecule has 2 amide bonds. The number of hydrogen-bond acceptors (Lipinski definition) is 7. The maximum absolute atomic E-state index is 13.4. The number of amides is 2. The molecule has 0 saturated carbocycles. The number of benzene rings is 3. The lowest BCUT2D eigenvalue weighted by molar-refractivity contribution is -0.172. The van der Waals surface area contributed by atoms with Crippen LogP contribution in [0.3, 0.4) is 0 Å². The molecular formula is C37H39F3N4O6Si. The van der Waals surface area contributed by atoms with Crippen molar-refractivity contribution in [2.24, 2.45) is 0 Å². The van der Waals surface area contributed by atoms with Gasteiger partial charge in [-0.05, 0) is 34.0 Å². The minimum atomic E-state index is -5.08. The van der Waals surface area contributed by atoms with Gasteiger partial charge < -0.3 is 24.9 Å². The summed E-state index contributed by atoms with van der Waals surface area (Å²) in [4.78, 5) is 41.6. The number of aliphatic hydroxyl groups is 1. The molecule has 1 saturated heterocycles. The average molecular weight is 721 g/mol. The summed E-state index contributed by atoms with van der Waals surface area (Å²) in [5.74, 6) is -2.84. The first-order valence-electron chi connectivity index (χ1n) is 16.3. The second kappa shape index (κ2) is 15.6. The topological polar surface area (TPSA) is 132 Å². The van der Waals surface area contributed by atoms with Crippen LogP contribution in [0, 0.1) is 0 Å². The third kappa shape index (κ3) is 8.53. The standard InChI is InChI=1S/C37H39F3N4O6Si/c1-36(2,3)51(27-17-9-5-10-18-27,28-19-11-6-12-20-28)49-24-30-29(45)22-31(50-30)44-23-26(16-13-21-41-34(47)37(38,39)40)32(43-35(44)48)42-33(46)25-14-7-4-8-15-25/h4-15,17-21,23,29-31,45H,16,22,24H2,1-3H3,(H,41,47)(H,42,43,46,48)/t29-,30+,31+/m0/s1. The van der Waals surface area contributed by atoms with Crippen molar-refractivity contribution in [2.75, 3.05) is 11.9 Å². The highest BCUT2D eigenvalue weighted by atomic mass is 28.4. The summed E-state index contributed by atoms with van der Waals surface area (Å²) in [6.07, 6.45) is -4.59. The van der Waals surface area contributed by atoms with Crippen molar-refractivity contribution in [3.63, 3.8) is 0 Å². The number of aromatic nitrogens is 2. The number of carbonyl (C=O) groups excluding carboxylic acids is 2. The van der Waals surface area contributed by atoms with E-state index in [1.165, 1.54) is 16.8 Å². The predicted molar refractivity (Wildman–Crippen MR) is 188 cm³/mol. The molecule has 1 aliphatic heterocycles. The number of alkyl halides is 3. The summed E-state index contributed by atoms with van der Waals surface area (Å²) in [5.41, 5.74) is -0.267. The summed E-state index contributed by atoms with van der Waals surface area (Å²) in [6, 6.07) is 28.1. The maximum atomic E-state index is 13.4. The Kier molecular flexibility index (Phi) is 11.4. The molecule has 14 heteroatoms. The molecule has 0 spiro atoms. The summed E-state index contributed by atoms with van der Waals surface area (Å²) in [7, 11) is -2.98. The molecule has 0 aliphatic carbocycles. The van der Waals surface area contributed by atoms with Crippen molar-refractivity contribution in [3.05, 3.63) is 131 Å². The summed E-state index contributed by atoms with van der Waals surface area (Å²) < 4.78 is 52.4. The van der Waals surface area contributed by atoms with Crippen LogP contribution in [0.2, 0.25) is 5.04 Å². The summed E-state index contributed by atoms with van der Waals surface area (Å²) in [6.45, 7) is 6.40. The van der Waals surface area contributed by atoms with Crippen molar-refractivity contribution >= 4 is 36.3 Å². The van der Waals surface area contributed by atoms with Crippen molar-refractivity contribution < 1.29 is 37.0 Å². The van der Waals surface area contributed by atoms with Gasteiger partial charge >= 0.3 is 17.8 Å². The molecule has 4 aromatic rings. The van der Waals surface area contributed by atoms with Crippen molar-refractivity contribution in [3.8, 4) is 0 Å². The van der Waals surface area contributed by atoms with E-state index in [2.05, 4.69) is 31.1 Å². The molecule has 1 fully saturated rings. The zero-order chi connectivity index (χ0) is 36.8. The Morgan fingerprint density at radius 1 is 0.980 bits per heavy atom. The Hall–Kier alpha value is -4.89. The first-order valence-corrected chi connectivity index (χ1v) is 18.2. The van der Waals surface area contributed by atoms with Crippen LogP contribution in [-0.2, 0) is 20.4 Å². The Bertz CT molecular complexity index is 1860. The monoisotopic (exact) mass is 720 g/mol. The van der Waals surface area contributed by atoms with E-state index in [1.54, 1.807) is 35.6 Å². The smallest absolute Gasteiger partial charge is 0.405 e. The van der Waals surface area contributed by atoms with E-state index in [0.29, 0.717) is 0 Å². The van der Waals surface area contributed by atoms with Gasteiger partial charge in [0.15, 0.2) is 0 Å². The number of anilines is 1. The highest BCUT2D eigenvalue weighted by molar-refractivity contribution is 6.99. The Morgan fingerprint density at radius 2 is 1.55 bits per heavy atom. The molecule has 3 atom stereocenters. The van der Waals surface area contributed by atoms with Gasteiger partial charge in [-0.1, -0.05) is 106 Å². The van der Waals surface area contributed by atoms with Crippen LogP contribution in [0.4, 0.5) is 19.0 Å². The lowest BCUT2D eigenvalue weighted by Crippen LogP contribution is -2.67. The van der Waals surface area contributed by atoms with Gasteiger partial charge in [-0.2, -0.15) is 18.2 Å². The van der Waals surface area contributed by atoms with Gasteiger partial charge in [-0.3, -0.25) is 14.2 Å². The SMILES string of the molecule is CC(C)(C)[Si](OC[C@H]1O[C@@H](n2cc(CC=CNC(=O)C(F)(F)F)c(NC(=O)c3ccccc3)nc2=O)C[C@@H]1O)(c1ccccc1)c1ccccc1. The van der Waals surface area contributed by atoms with Gasteiger partial charge in [0.1, 0.15) is 18.1 Å². The lowest BCUT2D eigenvalue weighted by Gasteiger charge is -2.43. The number of carbonyl (C=O) groups is 2.